The van der Waals surface area contributed by atoms with Crippen LogP contribution in [0.4, 0.5) is 0 Å². The third-order valence-electron chi connectivity index (χ3n) is 1.27. The van der Waals surface area contributed by atoms with Crippen molar-refractivity contribution in [3.05, 3.63) is 0 Å². The van der Waals surface area contributed by atoms with Gasteiger partial charge in [-0.05, 0) is 19.4 Å². The van der Waals surface area contributed by atoms with Gasteiger partial charge in [0, 0.05) is 13.0 Å². The topological polar surface area (TPSA) is 55.1 Å². The molecule has 0 aliphatic carbocycles. The average Bonchev–Trinajstić information content (AvgIpc) is 2.15. The molecule has 0 saturated heterocycles. The van der Waals surface area contributed by atoms with Crippen LogP contribution in [0, 0.1) is 0 Å². The van der Waals surface area contributed by atoms with Crippen LogP contribution < -0.4 is 11.1 Å². The lowest BCUT2D eigenvalue weighted by Crippen LogP contribution is -2.23. The van der Waals surface area contributed by atoms with Crippen molar-refractivity contribution in [3.63, 3.8) is 0 Å². The summed E-state index contributed by atoms with van der Waals surface area (Å²) in [5.41, 5.74) is 5.27. The van der Waals surface area contributed by atoms with Gasteiger partial charge in [-0.1, -0.05) is 20.8 Å². The quantitative estimate of drug-likeness (QED) is 0.617. The summed E-state index contributed by atoms with van der Waals surface area (Å²) < 4.78 is 0. The molecule has 12 heavy (non-hydrogen) atoms. The summed E-state index contributed by atoms with van der Waals surface area (Å²) in [6, 6.07) is 0. The zero-order valence-corrected chi connectivity index (χ0v) is 8.52. The Morgan fingerprint density at radius 2 is 1.92 bits per heavy atom. The van der Waals surface area contributed by atoms with Gasteiger partial charge in [-0.3, -0.25) is 4.79 Å². The molecule has 0 radical (unpaired) electrons. The fourth-order valence-corrected chi connectivity index (χ4v) is 0.622. The molecule has 0 saturated carbocycles. The largest absolute Gasteiger partial charge is 0.356 e. The predicted molar refractivity (Wildman–Crippen MR) is 52.9 cm³/mol. The molecule has 0 unspecified atom stereocenters. The molecular formula is C9H22N2O. The summed E-state index contributed by atoms with van der Waals surface area (Å²) in [5, 5.41) is 2.77. The third kappa shape index (κ3) is 12.1. The van der Waals surface area contributed by atoms with Crippen LogP contribution in [0.2, 0.25) is 0 Å². The van der Waals surface area contributed by atoms with Crippen LogP contribution in [0.25, 0.3) is 0 Å². The molecule has 0 aromatic rings. The maximum atomic E-state index is 10.6. The zero-order valence-electron chi connectivity index (χ0n) is 8.52. The molecule has 74 valence electrons. The molecule has 1 amide bonds. The van der Waals surface area contributed by atoms with Gasteiger partial charge in [0.1, 0.15) is 0 Å². The molecule has 0 aromatic heterocycles. The number of nitrogens with two attached hydrogens (primary N) is 1. The van der Waals surface area contributed by atoms with Gasteiger partial charge in [0.05, 0.1) is 0 Å². The van der Waals surface area contributed by atoms with Gasteiger partial charge in [-0.25, -0.2) is 0 Å². The van der Waals surface area contributed by atoms with Gasteiger partial charge in [0.2, 0.25) is 5.91 Å². The van der Waals surface area contributed by atoms with E-state index in [1.165, 1.54) is 0 Å². The monoisotopic (exact) mass is 174 g/mol. The Morgan fingerprint density at radius 1 is 1.33 bits per heavy atom. The lowest BCUT2D eigenvalue weighted by atomic mass is 10.3. The van der Waals surface area contributed by atoms with Crippen molar-refractivity contribution in [2.75, 3.05) is 13.1 Å². The molecule has 3 nitrogen and oxygen atoms in total. The van der Waals surface area contributed by atoms with Crippen molar-refractivity contribution < 1.29 is 4.79 Å². The van der Waals surface area contributed by atoms with Crippen LogP contribution in [-0.2, 0) is 4.79 Å². The minimum absolute atomic E-state index is 0.122. The van der Waals surface area contributed by atoms with E-state index in [0.717, 1.165) is 19.4 Å². The van der Waals surface area contributed by atoms with E-state index in [0.29, 0.717) is 13.0 Å². The third-order valence-corrected chi connectivity index (χ3v) is 1.27. The first-order valence-electron chi connectivity index (χ1n) is 4.78. The Balaban J connectivity index is 0. The van der Waals surface area contributed by atoms with Gasteiger partial charge in [-0.2, -0.15) is 0 Å². The molecule has 0 aliphatic rings. The number of carbonyl (C=O) groups excluding carboxylic acids is 1. The predicted octanol–water partition coefficient (Wildman–Crippen LogP) is 1.28. The number of unbranched alkanes of at least 4 members (excludes halogenated alkanes) is 1. The van der Waals surface area contributed by atoms with Gasteiger partial charge < -0.3 is 11.1 Å². The highest BCUT2D eigenvalue weighted by atomic mass is 16.1. The van der Waals surface area contributed by atoms with Gasteiger partial charge in [0.15, 0.2) is 0 Å². The first-order chi connectivity index (χ1) is 5.81. The Labute approximate surface area is 75.7 Å². The second kappa shape index (κ2) is 13.1. The van der Waals surface area contributed by atoms with Crippen molar-refractivity contribution in [2.45, 2.75) is 40.0 Å². The molecule has 0 rings (SSSR count). The number of nitrogens with one attached hydrogen (secondary N) is 1. The van der Waals surface area contributed by atoms with E-state index in [9.17, 15) is 4.79 Å². The lowest BCUT2D eigenvalue weighted by molar-refractivity contribution is -0.120. The van der Waals surface area contributed by atoms with E-state index in [1.54, 1.807) is 0 Å². The van der Waals surface area contributed by atoms with Crippen molar-refractivity contribution >= 4 is 5.91 Å². The fraction of sp³-hybridized carbons (Fsp3) is 0.889. The van der Waals surface area contributed by atoms with E-state index in [2.05, 4.69) is 5.32 Å². The first kappa shape index (κ1) is 14.0. The van der Waals surface area contributed by atoms with E-state index < -0.39 is 0 Å². The Bertz CT molecular complexity index is 94.5. The van der Waals surface area contributed by atoms with Crippen molar-refractivity contribution in [2.24, 2.45) is 5.73 Å². The van der Waals surface area contributed by atoms with Crippen LogP contribution in [0.1, 0.15) is 40.0 Å². The van der Waals surface area contributed by atoms with Crippen LogP contribution >= 0.6 is 0 Å². The molecule has 0 spiro atoms. The Morgan fingerprint density at radius 3 is 2.33 bits per heavy atom. The van der Waals surface area contributed by atoms with Crippen molar-refractivity contribution in [1.82, 2.24) is 5.32 Å². The van der Waals surface area contributed by atoms with Crippen molar-refractivity contribution in [1.29, 1.82) is 0 Å². The fourth-order valence-electron chi connectivity index (χ4n) is 0.622. The van der Waals surface area contributed by atoms with E-state index in [1.807, 2.05) is 20.8 Å². The molecule has 0 bridgehead atoms. The van der Waals surface area contributed by atoms with Crippen LogP contribution in [-0.4, -0.2) is 19.0 Å². The summed E-state index contributed by atoms with van der Waals surface area (Å²) in [6.45, 7) is 7.32. The van der Waals surface area contributed by atoms with E-state index in [4.69, 9.17) is 5.73 Å². The summed E-state index contributed by atoms with van der Waals surface area (Å²) in [4.78, 5) is 10.6. The van der Waals surface area contributed by atoms with Gasteiger partial charge in [-0.15, -0.1) is 0 Å². The van der Waals surface area contributed by atoms with Crippen LogP contribution in [0.5, 0.6) is 0 Å². The highest BCUT2D eigenvalue weighted by Gasteiger charge is 1.93. The van der Waals surface area contributed by atoms with E-state index in [-0.39, 0.29) is 5.91 Å². The molecule has 0 aliphatic heterocycles. The number of amides is 1. The van der Waals surface area contributed by atoms with Crippen LogP contribution in [0.3, 0.4) is 0 Å². The molecule has 0 fully saturated rings. The molecule has 3 heteroatoms. The summed E-state index contributed by atoms with van der Waals surface area (Å²) in [7, 11) is 0. The minimum atomic E-state index is 0.122. The maximum absolute atomic E-state index is 10.6. The average molecular weight is 174 g/mol. The smallest absolute Gasteiger partial charge is 0.219 e. The maximum Gasteiger partial charge on any atom is 0.219 e. The summed E-state index contributed by atoms with van der Waals surface area (Å²) in [6.07, 6.45) is 2.55. The van der Waals surface area contributed by atoms with Crippen LogP contribution in [0.15, 0.2) is 0 Å². The zero-order chi connectivity index (χ0) is 9.82. The van der Waals surface area contributed by atoms with Crippen molar-refractivity contribution in [3.8, 4) is 0 Å². The van der Waals surface area contributed by atoms with Gasteiger partial charge >= 0.3 is 0 Å². The summed E-state index contributed by atoms with van der Waals surface area (Å²) in [5.74, 6) is 0.122. The first-order valence-corrected chi connectivity index (χ1v) is 4.78. The number of rotatable bonds is 5. The number of carbonyl (C=O) groups is 1. The normalized spacial score (nSPS) is 8.33. The second-order valence-electron chi connectivity index (χ2n) is 2.20. The molecule has 3 N–H and O–H groups in total. The minimum Gasteiger partial charge on any atom is -0.356 e. The number of hydrogen-bond donors (Lipinski definition) is 2. The molecule has 0 aromatic carbocycles. The SMILES string of the molecule is CC.CCC(=O)NCCCCN. The molecule has 0 heterocycles. The number of hydrogen-bond acceptors (Lipinski definition) is 2. The Hall–Kier alpha value is -0.570. The van der Waals surface area contributed by atoms with E-state index >= 15 is 0 Å². The molecule has 0 atom stereocenters. The summed E-state index contributed by atoms with van der Waals surface area (Å²) >= 11 is 0. The molecular weight excluding hydrogens is 152 g/mol. The lowest BCUT2D eigenvalue weighted by Gasteiger charge is -2.00. The standard InChI is InChI=1S/C7H16N2O.C2H6/c1-2-7(10)9-6-4-3-5-8;1-2/h2-6,8H2,1H3,(H,9,10);1-2H3. The highest BCUT2D eigenvalue weighted by molar-refractivity contribution is 5.75. The highest BCUT2D eigenvalue weighted by Crippen LogP contribution is 1.83. The van der Waals surface area contributed by atoms with Gasteiger partial charge in [0.25, 0.3) is 0 Å². The Kier molecular flexibility index (Phi) is 15.2. The second-order valence-corrected chi connectivity index (χ2v) is 2.20.